The highest BCUT2D eigenvalue weighted by Crippen LogP contribution is 2.18. The lowest BCUT2D eigenvalue weighted by Gasteiger charge is -2.16. The van der Waals surface area contributed by atoms with E-state index in [2.05, 4.69) is 21.3 Å². The van der Waals surface area contributed by atoms with Crippen molar-refractivity contribution in [1.29, 1.82) is 0 Å². The van der Waals surface area contributed by atoms with Crippen molar-refractivity contribution < 1.29 is 93.5 Å². The lowest BCUT2D eigenvalue weighted by Crippen LogP contribution is -2.43. The average molecular weight is 1120 g/mol. The summed E-state index contributed by atoms with van der Waals surface area (Å²) >= 11 is 0. The third kappa shape index (κ3) is 45.6. The number of carbonyl (C=O) groups excluding carboxylic acids is 7. The molecule has 0 aromatic heterocycles. The number of hydrogen-bond acceptors (Lipinski definition) is 15. The van der Waals surface area contributed by atoms with Crippen molar-refractivity contribution in [3.05, 3.63) is 0 Å². The molecule has 450 valence electrons. The van der Waals surface area contributed by atoms with Crippen LogP contribution in [0, 0.1) is 11.8 Å². The minimum Gasteiger partial charge on any atom is -0.481 e. The van der Waals surface area contributed by atoms with E-state index >= 15 is 0 Å². The number of Topliss-reactive ketones (excluding diaryl/α,β-unsaturated/α-hetero) is 3. The van der Waals surface area contributed by atoms with Crippen molar-refractivity contribution >= 4 is 64.9 Å². The Hall–Kier alpha value is -5.39. The van der Waals surface area contributed by atoms with Crippen LogP contribution in [0.3, 0.4) is 0 Å². The van der Waals surface area contributed by atoms with E-state index in [0.717, 1.165) is 64.2 Å². The van der Waals surface area contributed by atoms with E-state index in [-0.39, 0.29) is 148 Å². The molecule has 23 nitrogen and oxygen atoms in total. The third-order valence-electron chi connectivity index (χ3n) is 12.9. The highest BCUT2D eigenvalue weighted by molar-refractivity contribution is 5.87. The number of ketones is 3. The smallest absolute Gasteiger partial charge is 0.326 e. The van der Waals surface area contributed by atoms with Crippen molar-refractivity contribution in [3.8, 4) is 0 Å². The van der Waals surface area contributed by atoms with Gasteiger partial charge < -0.3 is 60.6 Å². The normalized spacial score (nSPS) is 12.6. The summed E-state index contributed by atoms with van der Waals surface area (Å²) in [6.45, 7) is 4.14. The highest BCUT2D eigenvalue weighted by Gasteiger charge is 2.25. The van der Waals surface area contributed by atoms with Gasteiger partial charge in [-0.3, -0.25) is 43.2 Å². The molecule has 0 fully saturated rings. The molecule has 4 atom stereocenters. The predicted molar refractivity (Wildman–Crippen MR) is 288 cm³/mol. The van der Waals surface area contributed by atoms with Gasteiger partial charge in [0.25, 0.3) is 0 Å². The maximum Gasteiger partial charge on any atom is 0.326 e. The maximum atomic E-state index is 12.6. The highest BCUT2D eigenvalue weighted by atomic mass is 16.5. The number of nitrogens with one attached hydrogen (secondary N) is 4. The van der Waals surface area contributed by atoms with E-state index in [1.54, 1.807) is 6.92 Å². The van der Waals surface area contributed by atoms with Crippen LogP contribution in [0.4, 0.5) is 0 Å². The number of rotatable bonds is 56. The first-order valence-electron chi connectivity index (χ1n) is 28.2. The standard InChI is InChI=1S/C55H94N4O19.H2/c1-41(42(2)60)20-17-18-30-56-48(63)28-26-47(55(73)74)59-51(66)40-78-37-34-75-32-19-22-45(62)39-77-36-35-76-33-31-57-49(64)29-25-46(54(71)72)58-50(65)27-24-43(53(69)70)38-44(61)21-15-13-11-9-7-5-3-4-6-8-10-12-14-16-23-52(67)68;/h41,43,46-47H,3-40H2,1-2H3,(H,56,63)(H,57,64)(H,58,65)(H,59,66)(H,67,68)(H,69,70)(H,71,72)(H,73,74);1H/t41-,43+,46-,47-;/m0./s1. The molecule has 0 aromatic rings. The number of aliphatic carboxylic acids is 4. The molecule has 0 aliphatic carbocycles. The Morgan fingerprint density at radius 1 is 0.397 bits per heavy atom. The molecule has 0 bridgehead atoms. The molecule has 0 rings (SSSR count). The number of carboxylic acids is 4. The minimum absolute atomic E-state index is 0. The van der Waals surface area contributed by atoms with Gasteiger partial charge in [-0.1, -0.05) is 90.4 Å². The number of ether oxygens (including phenoxy) is 4. The fourth-order valence-corrected chi connectivity index (χ4v) is 7.96. The molecule has 8 N–H and O–H groups in total. The number of hydrogen-bond donors (Lipinski definition) is 8. The second-order valence-electron chi connectivity index (χ2n) is 19.8. The topological polar surface area (TPSA) is 354 Å². The fourth-order valence-electron chi connectivity index (χ4n) is 7.96. The van der Waals surface area contributed by atoms with E-state index in [0.29, 0.717) is 25.8 Å². The summed E-state index contributed by atoms with van der Waals surface area (Å²) < 4.78 is 21.4. The van der Waals surface area contributed by atoms with Crippen LogP contribution in [0.15, 0.2) is 0 Å². The molecule has 0 aliphatic heterocycles. The van der Waals surface area contributed by atoms with Gasteiger partial charge >= 0.3 is 23.9 Å². The Labute approximate surface area is 462 Å². The Morgan fingerprint density at radius 3 is 1.36 bits per heavy atom. The minimum atomic E-state index is -1.39. The summed E-state index contributed by atoms with van der Waals surface area (Å²) in [7, 11) is 0. The number of carbonyl (C=O) groups is 11. The van der Waals surface area contributed by atoms with E-state index in [4.69, 9.17) is 24.1 Å². The van der Waals surface area contributed by atoms with E-state index in [1.807, 2.05) is 6.92 Å². The molecular formula is C55H96N4O19. The summed E-state index contributed by atoms with van der Waals surface area (Å²) in [5.41, 5.74) is 0. The average Bonchev–Trinajstić information content (AvgIpc) is 3.38. The van der Waals surface area contributed by atoms with Gasteiger partial charge in [0.15, 0.2) is 5.78 Å². The molecule has 0 radical (unpaired) electrons. The summed E-state index contributed by atoms with van der Waals surface area (Å²) in [4.78, 5) is 131. The molecular weight excluding hydrogens is 1020 g/mol. The Morgan fingerprint density at radius 2 is 0.846 bits per heavy atom. The van der Waals surface area contributed by atoms with Crippen molar-refractivity contribution in [2.45, 2.75) is 206 Å². The van der Waals surface area contributed by atoms with Crippen LogP contribution in [-0.2, 0) is 71.7 Å². The van der Waals surface area contributed by atoms with Crippen molar-refractivity contribution in [1.82, 2.24) is 21.3 Å². The predicted octanol–water partition coefficient (Wildman–Crippen LogP) is 5.74. The first-order chi connectivity index (χ1) is 37.3. The van der Waals surface area contributed by atoms with Crippen LogP contribution in [0.2, 0.25) is 0 Å². The van der Waals surface area contributed by atoms with Crippen LogP contribution in [0.25, 0.3) is 0 Å². The summed E-state index contributed by atoms with van der Waals surface area (Å²) in [6.07, 6.45) is 16.7. The van der Waals surface area contributed by atoms with Gasteiger partial charge in [0, 0.05) is 72.0 Å². The van der Waals surface area contributed by atoms with Crippen molar-refractivity contribution in [3.63, 3.8) is 0 Å². The maximum absolute atomic E-state index is 12.6. The van der Waals surface area contributed by atoms with E-state index in [9.17, 15) is 68.1 Å². The zero-order valence-corrected chi connectivity index (χ0v) is 46.6. The van der Waals surface area contributed by atoms with Gasteiger partial charge in [0.2, 0.25) is 23.6 Å². The molecule has 0 saturated heterocycles. The van der Waals surface area contributed by atoms with Gasteiger partial charge in [0.1, 0.15) is 36.9 Å². The first kappa shape index (κ1) is 72.6. The monoisotopic (exact) mass is 1120 g/mol. The first-order valence-corrected chi connectivity index (χ1v) is 28.2. The van der Waals surface area contributed by atoms with Crippen LogP contribution in [0.1, 0.15) is 195 Å². The molecule has 78 heavy (non-hydrogen) atoms. The molecule has 0 spiro atoms. The van der Waals surface area contributed by atoms with E-state index in [1.165, 1.54) is 32.1 Å². The molecule has 23 heteroatoms. The Bertz CT molecular complexity index is 1770. The van der Waals surface area contributed by atoms with Crippen molar-refractivity contribution in [2.24, 2.45) is 11.8 Å². The van der Waals surface area contributed by atoms with Gasteiger partial charge in [-0.15, -0.1) is 0 Å². The van der Waals surface area contributed by atoms with E-state index < -0.39 is 66.2 Å². The molecule has 0 aliphatic rings. The molecule has 0 saturated carbocycles. The zero-order chi connectivity index (χ0) is 58.2. The van der Waals surface area contributed by atoms with Crippen molar-refractivity contribution in [2.75, 3.05) is 65.9 Å². The van der Waals surface area contributed by atoms with Crippen LogP contribution < -0.4 is 21.3 Å². The Kier molecular flexibility index (Phi) is 45.3. The van der Waals surface area contributed by atoms with Gasteiger partial charge in [-0.05, 0) is 58.3 Å². The lowest BCUT2D eigenvalue weighted by molar-refractivity contribution is -0.145. The van der Waals surface area contributed by atoms with Gasteiger partial charge in [-0.2, -0.15) is 0 Å². The second-order valence-corrected chi connectivity index (χ2v) is 19.8. The van der Waals surface area contributed by atoms with Gasteiger partial charge in [0.05, 0.1) is 39.0 Å². The second kappa shape index (κ2) is 48.7. The summed E-state index contributed by atoms with van der Waals surface area (Å²) in [5, 5.41) is 47.4. The Balaban J connectivity index is 0. The van der Waals surface area contributed by atoms with Crippen LogP contribution in [-0.4, -0.2) is 163 Å². The lowest BCUT2D eigenvalue weighted by atomic mass is 9.94. The quantitative estimate of drug-likeness (QED) is 0.0336. The summed E-state index contributed by atoms with van der Waals surface area (Å²) in [5.74, 6) is -8.10. The number of amides is 4. The van der Waals surface area contributed by atoms with Gasteiger partial charge in [-0.25, -0.2) is 9.59 Å². The fraction of sp³-hybridized carbons (Fsp3) is 0.800. The van der Waals surface area contributed by atoms with Crippen LogP contribution in [0.5, 0.6) is 0 Å². The summed E-state index contributed by atoms with van der Waals surface area (Å²) in [6, 6.07) is -2.65. The third-order valence-corrected chi connectivity index (χ3v) is 12.9. The largest absolute Gasteiger partial charge is 0.481 e. The number of carboxylic acid groups (broad SMARTS) is 4. The zero-order valence-electron chi connectivity index (χ0n) is 46.6. The SMILES string of the molecule is CC(=O)[C@@H](C)CCCCNC(=O)CC[C@H](NC(=O)COCCOCCCC(=O)COCCOCCNC(=O)CC[C@H](NC(=O)CC[C@H](CC(=O)CCCCCCCCCCCCCCCCC(=O)O)C(=O)O)C(=O)O)C(=O)O.[HH]. The number of unbranched alkanes of at least 4 members (excludes halogenated alkanes) is 14. The molecule has 0 heterocycles. The van der Waals surface area contributed by atoms with Crippen LogP contribution >= 0.6 is 0 Å². The molecule has 4 amide bonds. The molecule has 0 unspecified atom stereocenters. The molecule has 0 aromatic carbocycles.